The average Bonchev–Trinajstić information content (AvgIpc) is 2.38. The van der Waals surface area contributed by atoms with Gasteiger partial charge in [-0.05, 0) is 19.4 Å². The monoisotopic (exact) mass is 263 g/mol. The van der Waals surface area contributed by atoms with Gasteiger partial charge in [-0.1, -0.05) is 6.92 Å². The van der Waals surface area contributed by atoms with Crippen LogP contribution >= 0.6 is 0 Å². The number of nitrogens with one attached hydrogen (secondary N) is 1. The van der Waals surface area contributed by atoms with Crippen LogP contribution in [0, 0.1) is 21.4 Å². The van der Waals surface area contributed by atoms with Crippen molar-refractivity contribution in [2.45, 2.75) is 25.8 Å². The molecule has 0 saturated carbocycles. The molecule has 1 atom stereocenters. The summed E-state index contributed by atoms with van der Waals surface area (Å²) in [6.45, 7) is 3.18. The molecule has 0 saturated heterocycles. The number of carbonyl (C=O) groups is 1. The highest BCUT2D eigenvalue weighted by molar-refractivity contribution is 5.83. The molecule has 0 amide bonds. The molecule has 1 aromatic rings. The fraction of sp³-hybridized carbons (Fsp3) is 0.333. The standard InChI is InChI=1S/C12H13N3O4/c1-3-12(2,11(16)17)14-10-5-4-9(15(18)19)6-8(10)7-13/h4-6,14H,3H2,1-2H3,(H,16,17). The summed E-state index contributed by atoms with van der Waals surface area (Å²) in [5.74, 6) is -1.06. The van der Waals surface area contributed by atoms with Gasteiger partial charge >= 0.3 is 5.97 Å². The van der Waals surface area contributed by atoms with Crippen molar-refractivity contribution >= 4 is 17.3 Å². The van der Waals surface area contributed by atoms with Gasteiger partial charge < -0.3 is 10.4 Å². The lowest BCUT2D eigenvalue weighted by Crippen LogP contribution is -2.42. The number of nitro benzene ring substituents is 1. The molecular weight excluding hydrogens is 250 g/mol. The third kappa shape index (κ3) is 2.98. The van der Waals surface area contributed by atoms with Crippen LogP contribution in [0.15, 0.2) is 18.2 Å². The molecule has 1 aromatic carbocycles. The maximum atomic E-state index is 11.2. The van der Waals surface area contributed by atoms with Crippen molar-refractivity contribution in [1.29, 1.82) is 5.26 Å². The van der Waals surface area contributed by atoms with Crippen molar-refractivity contribution in [1.82, 2.24) is 0 Å². The molecule has 19 heavy (non-hydrogen) atoms. The van der Waals surface area contributed by atoms with Gasteiger partial charge in [0.15, 0.2) is 0 Å². The zero-order valence-electron chi connectivity index (χ0n) is 10.5. The molecule has 0 spiro atoms. The molecule has 0 bridgehead atoms. The molecule has 100 valence electrons. The smallest absolute Gasteiger partial charge is 0.329 e. The first-order valence-corrected chi connectivity index (χ1v) is 5.54. The summed E-state index contributed by atoms with van der Waals surface area (Å²) in [4.78, 5) is 21.2. The molecule has 0 aliphatic rings. The van der Waals surface area contributed by atoms with E-state index < -0.39 is 16.4 Å². The second-order valence-electron chi connectivity index (χ2n) is 4.21. The molecule has 0 radical (unpaired) electrons. The summed E-state index contributed by atoms with van der Waals surface area (Å²) < 4.78 is 0. The van der Waals surface area contributed by atoms with E-state index in [9.17, 15) is 14.9 Å². The van der Waals surface area contributed by atoms with E-state index in [0.717, 1.165) is 6.07 Å². The zero-order chi connectivity index (χ0) is 14.6. The van der Waals surface area contributed by atoms with Crippen LogP contribution in [0.5, 0.6) is 0 Å². The Morgan fingerprint density at radius 1 is 1.63 bits per heavy atom. The molecule has 7 heteroatoms. The van der Waals surface area contributed by atoms with Gasteiger partial charge in [-0.2, -0.15) is 5.26 Å². The maximum absolute atomic E-state index is 11.2. The summed E-state index contributed by atoms with van der Waals surface area (Å²) in [7, 11) is 0. The second kappa shape index (κ2) is 5.35. The van der Waals surface area contributed by atoms with Crippen LogP contribution in [0.2, 0.25) is 0 Å². The summed E-state index contributed by atoms with van der Waals surface area (Å²) >= 11 is 0. The maximum Gasteiger partial charge on any atom is 0.329 e. The number of hydrogen-bond acceptors (Lipinski definition) is 5. The van der Waals surface area contributed by atoms with E-state index in [4.69, 9.17) is 10.4 Å². The first-order valence-electron chi connectivity index (χ1n) is 5.54. The predicted molar refractivity (Wildman–Crippen MR) is 67.8 cm³/mol. The first-order chi connectivity index (χ1) is 8.84. The average molecular weight is 263 g/mol. The van der Waals surface area contributed by atoms with E-state index in [1.165, 1.54) is 19.1 Å². The van der Waals surface area contributed by atoms with Gasteiger partial charge in [0, 0.05) is 12.1 Å². The minimum atomic E-state index is -1.23. The number of non-ortho nitro benzene ring substituents is 1. The number of nitrogens with zero attached hydrogens (tertiary/aromatic N) is 2. The number of nitriles is 1. The third-order valence-electron chi connectivity index (χ3n) is 2.92. The van der Waals surface area contributed by atoms with Crippen LogP contribution in [0.1, 0.15) is 25.8 Å². The largest absolute Gasteiger partial charge is 0.480 e. The van der Waals surface area contributed by atoms with Crippen LogP contribution in [-0.2, 0) is 4.79 Å². The van der Waals surface area contributed by atoms with Crippen LogP contribution in [0.25, 0.3) is 0 Å². The fourth-order valence-corrected chi connectivity index (χ4v) is 1.44. The Morgan fingerprint density at radius 3 is 2.68 bits per heavy atom. The zero-order valence-corrected chi connectivity index (χ0v) is 10.5. The van der Waals surface area contributed by atoms with E-state index in [2.05, 4.69) is 5.32 Å². The molecule has 0 aromatic heterocycles. The van der Waals surface area contributed by atoms with Gasteiger partial charge in [-0.25, -0.2) is 4.79 Å². The Hall–Kier alpha value is -2.62. The number of hydrogen-bond donors (Lipinski definition) is 2. The Kier molecular flexibility index (Phi) is 4.07. The van der Waals surface area contributed by atoms with Crippen molar-refractivity contribution in [3.8, 4) is 6.07 Å². The lowest BCUT2D eigenvalue weighted by Gasteiger charge is -2.26. The minimum Gasteiger partial charge on any atom is -0.480 e. The lowest BCUT2D eigenvalue weighted by atomic mass is 9.98. The number of anilines is 1. The molecule has 2 N–H and O–H groups in total. The molecule has 0 aliphatic heterocycles. The third-order valence-corrected chi connectivity index (χ3v) is 2.92. The number of carboxylic acids is 1. The van der Waals surface area contributed by atoms with Crippen molar-refractivity contribution in [3.05, 3.63) is 33.9 Å². The second-order valence-corrected chi connectivity index (χ2v) is 4.21. The van der Waals surface area contributed by atoms with E-state index in [1.807, 2.05) is 6.07 Å². The van der Waals surface area contributed by atoms with Gasteiger partial charge in [-0.3, -0.25) is 10.1 Å². The van der Waals surface area contributed by atoms with Gasteiger partial charge in [0.1, 0.15) is 11.6 Å². The highest BCUT2D eigenvalue weighted by Crippen LogP contribution is 2.25. The van der Waals surface area contributed by atoms with Crippen molar-refractivity contribution < 1.29 is 14.8 Å². The van der Waals surface area contributed by atoms with E-state index in [-0.39, 0.29) is 16.9 Å². The van der Waals surface area contributed by atoms with E-state index >= 15 is 0 Å². The van der Waals surface area contributed by atoms with Gasteiger partial charge in [-0.15, -0.1) is 0 Å². The Morgan fingerprint density at radius 2 is 2.26 bits per heavy atom. The summed E-state index contributed by atoms with van der Waals surface area (Å²) in [6.07, 6.45) is 0.296. The number of rotatable bonds is 5. The molecular formula is C12H13N3O4. The van der Waals surface area contributed by atoms with Crippen molar-refractivity contribution in [2.24, 2.45) is 0 Å². The summed E-state index contributed by atoms with van der Waals surface area (Å²) in [5.41, 5.74) is -1.15. The lowest BCUT2D eigenvalue weighted by molar-refractivity contribution is -0.384. The fourth-order valence-electron chi connectivity index (χ4n) is 1.44. The number of carboxylic acid groups (broad SMARTS) is 1. The van der Waals surface area contributed by atoms with Crippen LogP contribution in [0.4, 0.5) is 11.4 Å². The summed E-state index contributed by atoms with van der Waals surface area (Å²) in [6, 6.07) is 5.49. The van der Waals surface area contributed by atoms with Crippen molar-refractivity contribution in [3.63, 3.8) is 0 Å². The van der Waals surface area contributed by atoms with E-state index in [1.54, 1.807) is 6.92 Å². The highest BCUT2D eigenvalue weighted by atomic mass is 16.6. The van der Waals surface area contributed by atoms with Crippen LogP contribution in [-0.4, -0.2) is 21.5 Å². The van der Waals surface area contributed by atoms with Crippen molar-refractivity contribution in [2.75, 3.05) is 5.32 Å². The quantitative estimate of drug-likeness (QED) is 0.620. The highest BCUT2D eigenvalue weighted by Gasteiger charge is 2.31. The number of aliphatic carboxylic acids is 1. The topological polar surface area (TPSA) is 116 Å². The molecule has 0 fully saturated rings. The number of benzene rings is 1. The SMILES string of the molecule is CCC(C)(Nc1ccc([N+](=O)[O-])cc1C#N)C(=O)O. The minimum absolute atomic E-state index is 0.0372. The molecule has 7 nitrogen and oxygen atoms in total. The van der Waals surface area contributed by atoms with Crippen LogP contribution < -0.4 is 5.32 Å². The van der Waals surface area contributed by atoms with Gasteiger partial charge in [0.2, 0.25) is 0 Å². The molecule has 1 rings (SSSR count). The predicted octanol–water partition coefficient (Wildman–Crippen LogP) is 2.13. The van der Waals surface area contributed by atoms with Gasteiger partial charge in [0.05, 0.1) is 16.2 Å². The molecule has 1 unspecified atom stereocenters. The summed E-state index contributed by atoms with van der Waals surface area (Å²) in [5, 5.41) is 31.5. The molecule has 0 heterocycles. The number of nitro groups is 1. The Labute approximate surface area is 109 Å². The van der Waals surface area contributed by atoms with Gasteiger partial charge in [0.25, 0.3) is 5.69 Å². The first kappa shape index (κ1) is 14.4. The molecule has 0 aliphatic carbocycles. The van der Waals surface area contributed by atoms with Crippen LogP contribution in [0.3, 0.4) is 0 Å². The Bertz CT molecular complexity index is 565. The Balaban J connectivity index is 3.19. The normalized spacial score (nSPS) is 13.1. The van der Waals surface area contributed by atoms with E-state index in [0.29, 0.717) is 6.42 Å².